The Morgan fingerprint density at radius 1 is 1.09 bits per heavy atom. The topological polar surface area (TPSA) is 135 Å². The average Bonchev–Trinajstić information content (AvgIpc) is 3.32. The first-order valence-corrected chi connectivity index (χ1v) is 9.74. The number of alkyl halides is 2. The van der Waals surface area contributed by atoms with E-state index in [1.54, 1.807) is 19.1 Å². The molecule has 1 atom stereocenters. The Hall–Kier alpha value is -4.44. The molecule has 4 rings (SSSR count). The quantitative estimate of drug-likeness (QED) is 0.227. The standard InChI is InChI=1S/C21H16F2N8O2/c1-12(27-30-24)16-10-26-18(13-5-3-2-4-6-13)31(21(16)32)11-15-8-7-14(9-25-15)19-28-29-20(33-19)17(22)23/h2-10,12,17H,11H2,1H3. The van der Waals surface area contributed by atoms with Crippen LogP contribution in [0.1, 0.15) is 36.5 Å². The highest BCUT2D eigenvalue weighted by atomic mass is 19.3. The lowest BCUT2D eigenvalue weighted by atomic mass is 10.1. The molecule has 1 unspecified atom stereocenters. The van der Waals surface area contributed by atoms with E-state index in [-0.39, 0.29) is 23.6 Å². The van der Waals surface area contributed by atoms with Crippen molar-refractivity contribution < 1.29 is 13.2 Å². The van der Waals surface area contributed by atoms with Crippen molar-refractivity contribution in [3.05, 3.63) is 92.8 Å². The molecule has 33 heavy (non-hydrogen) atoms. The maximum absolute atomic E-state index is 13.2. The van der Waals surface area contributed by atoms with E-state index >= 15 is 0 Å². The summed E-state index contributed by atoms with van der Waals surface area (Å²) in [6.07, 6.45) is -0.0624. The Morgan fingerprint density at radius 2 is 1.88 bits per heavy atom. The smallest absolute Gasteiger partial charge is 0.314 e. The third-order valence-electron chi connectivity index (χ3n) is 4.80. The van der Waals surface area contributed by atoms with Crippen molar-refractivity contribution in [1.82, 2.24) is 24.7 Å². The maximum Gasteiger partial charge on any atom is 0.314 e. The van der Waals surface area contributed by atoms with Gasteiger partial charge in [0.15, 0.2) is 0 Å². The van der Waals surface area contributed by atoms with E-state index in [1.165, 1.54) is 17.0 Å². The van der Waals surface area contributed by atoms with Gasteiger partial charge in [0.2, 0.25) is 5.89 Å². The molecule has 0 N–H and O–H groups in total. The average molecular weight is 450 g/mol. The minimum Gasteiger partial charge on any atom is -0.415 e. The molecule has 0 amide bonds. The summed E-state index contributed by atoms with van der Waals surface area (Å²) in [4.78, 5) is 24.8. The van der Waals surface area contributed by atoms with Crippen LogP contribution in [0.5, 0.6) is 0 Å². The van der Waals surface area contributed by atoms with Gasteiger partial charge in [0.25, 0.3) is 11.4 Å². The zero-order valence-electron chi connectivity index (χ0n) is 17.2. The lowest BCUT2D eigenvalue weighted by Crippen LogP contribution is -2.28. The van der Waals surface area contributed by atoms with Crippen molar-refractivity contribution in [3.63, 3.8) is 0 Å². The van der Waals surface area contributed by atoms with Gasteiger partial charge in [0.05, 0.1) is 23.8 Å². The summed E-state index contributed by atoms with van der Waals surface area (Å²) in [5.41, 5.74) is 10.2. The molecular formula is C21H16F2N8O2. The number of azide groups is 1. The van der Waals surface area contributed by atoms with E-state index in [0.717, 1.165) is 5.56 Å². The second-order valence-corrected chi connectivity index (χ2v) is 6.96. The normalized spacial score (nSPS) is 11.9. The Kier molecular flexibility index (Phi) is 6.18. The molecule has 0 aliphatic rings. The van der Waals surface area contributed by atoms with Gasteiger partial charge in [0.1, 0.15) is 5.82 Å². The number of benzene rings is 1. The summed E-state index contributed by atoms with van der Waals surface area (Å²) in [6.45, 7) is 1.68. The number of hydrogen-bond donors (Lipinski definition) is 0. The van der Waals surface area contributed by atoms with Crippen LogP contribution in [0.25, 0.3) is 33.3 Å². The zero-order chi connectivity index (χ0) is 23.4. The van der Waals surface area contributed by atoms with Crippen molar-refractivity contribution in [1.29, 1.82) is 0 Å². The van der Waals surface area contributed by atoms with Gasteiger partial charge < -0.3 is 4.42 Å². The van der Waals surface area contributed by atoms with Crippen LogP contribution in [0.3, 0.4) is 0 Å². The molecule has 166 valence electrons. The first-order valence-electron chi connectivity index (χ1n) is 9.74. The summed E-state index contributed by atoms with van der Waals surface area (Å²) in [6, 6.07) is 11.6. The van der Waals surface area contributed by atoms with E-state index in [9.17, 15) is 13.6 Å². The van der Waals surface area contributed by atoms with Crippen LogP contribution in [-0.2, 0) is 6.54 Å². The second kappa shape index (κ2) is 9.37. The number of aromatic nitrogens is 5. The molecule has 0 bridgehead atoms. The molecule has 4 aromatic rings. The predicted octanol–water partition coefficient (Wildman–Crippen LogP) is 4.71. The molecule has 1 aromatic carbocycles. The summed E-state index contributed by atoms with van der Waals surface area (Å²) < 4.78 is 31.7. The van der Waals surface area contributed by atoms with Crippen LogP contribution < -0.4 is 5.56 Å². The van der Waals surface area contributed by atoms with Gasteiger partial charge >= 0.3 is 6.43 Å². The van der Waals surface area contributed by atoms with Gasteiger partial charge in [0, 0.05) is 28.4 Å². The summed E-state index contributed by atoms with van der Waals surface area (Å²) in [7, 11) is 0. The van der Waals surface area contributed by atoms with Crippen molar-refractivity contribution in [2.75, 3.05) is 0 Å². The third kappa shape index (κ3) is 4.60. The van der Waals surface area contributed by atoms with Crippen LogP contribution in [-0.4, -0.2) is 24.7 Å². The van der Waals surface area contributed by atoms with Crippen molar-refractivity contribution in [3.8, 4) is 22.8 Å². The van der Waals surface area contributed by atoms with Gasteiger partial charge in [-0.3, -0.25) is 14.3 Å². The van der Waals surface area contributed by atoms with E-state index in [2.05, 4.69) is 30.2 Å². The molecule has 0 saturated carbocycles. The Morgan fingerprint density at radius 3 is 2.52 bits per heavy atom. The number of halogens is 2. The van der Waals surface area contributed by atoms with Gasteiger partial charge in [-0.15, -0.1) is 10.2 Å². The van der Waals surface area contributed by atoms with E-state index in [4.69, 9.17) is 9.95 Å². The molecular weight excluding hydrogens is 434 g/mol. The van der Waals surface area contributed by atoms with Gasteiger partial charge in [-0.25, -0.2) is 4.98 Å². The molecule has 0 spiro atoms. The molecule has 10 nitrogen and oxygen atoms in total. The van der Waals surface area contributed by atoms with Crippen molar-refractivity contribution in [2.24, 2.45) is 5.11 Å². The van der Waals surface area contributed by atoms with Crippen molar-refractivity contribution in [2.45, 2.75) is 25.9 Å². The van der Waals surface area contributed by atoms with Crippen LogP contribution >= 0.6 is 0 Å². The summed E-state index contributed by atoms with van der Waals surface area (Å²) >= 11 is 0. The van der Waals surface area contributed by atoms with Crippen LogP contribution in [0, 0.1) is 0 Å². The first kappa shape index (κ1) is 21.8. The van der Waals surface area contributed by atoms with Gasteiger partial charge in [-0.2, -0.15) is 8.78 Å². The molecule has 0 aliphatic heterocycles. The Labute approximate surface area is 185 Å². The molecule has 12 heteroatoms. The highest BCUT2D eigenvalue weighted by Gasteiger charge is 2.18. The molecule has 0 saturated heterocycles. The second-order valence-electron chi connectivity index (χ2n) is 6.96. The molecule has 3 aromatic heterocycles. The molecule has 0 fully saturated rings. The predicted molar refractivity (Wildman–Crippen MR) is 113 cm³/mol. The van der Waals surface area contributed by atoms with Crippen LogP contribution in [0.15, 0.2) is 69.2 Å². The molecule has 3 heterocycles. The number of hydrogen-bond acceptors (Lipinski definition) is 7. The maximum atomic E-state index is 13.2. The van der Waals surface area contributed by atoms with Gasteiger partial charge in [-0.1, -0.05) is 42.4 Å². The monoisotopic (exact) mass is 450 g/mol. The highest BCUT2D eigenvalue weighted by molar-refractivity contribution is 5.55. The van der Waals surface area contributed by atoms with Gasteiger partial charge in [-0.05, 0) is 17.7 Å². The first-order chi connectivity index (χ1) is 16.0. The largest absolute Gasteiger partial charge is 0.415 e. The minimum absolute atomic E-state index is 0.0687. The van der Waals surface area contributed by atoms with E-state index < -0.39 is 18.4 Å². The lowest BCUT2D eigenvalue weighted by Gasteiger charge is -2.15. The number of nitrogens with zero attached hydrogens (tertiary/aromatic N) is 8. The zero-order valence-corrected chi connectivity index (χ0v) is 17.2. The lowest BCUT2D eigenvalue weighted by molar-refractivity contribution is 0.116. The fourth-order valence-electron chi connectivity index (χ4n) is 3.14. The SMILES string of the molecule is CC(N=[N+]=[N-])c1cnc(-c2ccccc2)n(Cc2ccc(-c3nnc(C(F)F)o3)cn2)c1=O. The number of pyridine rings is 1. The Balaban J connectivity index is 1.72. The third-order valence-corrected chi connectivity index (χ3v) is 4.80. The summed E-state index contributed by atoms with van der Waals surface area (Å²) in [5.74, 6) is -0.439. The highest BCUT2D eigenvalue weighted by Crippen LogP contribution is 2.23. The fourth-order valence-corrected chi connectivity index (χ4v) is 3.14. The fraction of sp³-hybridized carbons (Fsp3) is 0.190. The van der Waals surface area contributed by atoms with E-state index in [1.807, 2.05) is 30.3 Å². The Bertz CT molecular complexity index is 1360. The van der Waals surface area contributed by atoms with Crippen molar-refractivity contribution >= 4 is 0 Å². The van der Waals surface area contributed by atoms with E-state index in [0.29, 0.717) is 17.1 Å². The summed E-state index contributed by atoms with van der Waals surface area (Å²) in [5, 5.41) is 10.5. The molecule has 0 aliphatic carbocycles. The minimum atomic E-state index is -2.87. The van der Waals surface area contributed by atoms with Crippen LogP contribution in [0.2, 0.25) is 0 Å². The number of rotatable bonds is 7. The molecule has 0 radical (unpaired) electrons. The van der Waals surface area contributed by atoms with Crippen LogP contribution in [0.4, 0.5) is 8.78 Å².